The monoisotopic (exact) mass is 506 g/mol. The number of ether oxygens (including phenoxy) is 1. The molecule has 2 aliphatic heterocycles. The Morgan fingerprint density at radius 3 is 2.43 bits per heavy atom. The maximum absolute atomic E-state index is 13.2. The van der Waals surface area contributed by atoms with Gasteiger partial charge >= 0.3 is 0 Å². The average molecular weight is 507 g/mol. The molecule has 4 N–H and O–H groups in total. The molecule has 0 atom stereocenters. The van der Waals surface area contributed by atoms with Gasteiger partial charge in [-0.1, -0.05) is 42.5 Å². The minimum absolute atomic E-state index is 0.0762. The molecule has 3 amide bonds. The Kier molecular flexibility index (Phi) is 7.92. The van der Waals surface area contributed by atoms with E-state index in [-0.39, 0.29) is 49.3 Å². The number of fused-ring (bicyclic) bond motifs is 1. The molecule has 0 radical (unpaired) electrons. The normalized spacial score (nSPS) is 18.3. The van der Waals surface area contributed by atoms with Crippen molar-refractivity contribution in [2.24, 2.45) is 0 Å². The molecule has 9 heteroatoms. The molecule has 37 heavy (non-hydrogen) atoms. The standard InChI is InChI=1S/C28H34N4O5/c1-27(2)18-21(33)17-23(37-27)25(35)32-28(10-12-29-13-11-28)26(36)31-15-14-30-24(34)16-20-8-5-7-19-6-3-4-9-22(19)20/h3-9,17,29H,10-16,18H2,1-2H3,(H,30,34)(H,31,36)(H,32,35). The van der Waals surface area contributed by atoms with Crippen LogP contribution in [0, 0.1) is 0 Å². The van der Waals surface area contributed by atoms with Crippen LogP contribution in [0.2, 0.25) is 0 Å². The van der Waals surface area contributed by atoms with Crippen LogP contribution in [-0.4, -0.2) is 60.8 Å². The quantitative estimate of drug-likeness (QED) is 0.402. The van der Waals surface area contributed by atoms with Crippen molar-refractivity contribution in [3.8, 4) is 0 Å². The maximum atomic E-state index is 13.2. The van der Waals surface area contributed by atoms with Crippen molar-refractivity contribution in [2.45, 2.75) is 50.7 Å². The first-order valence-electron chi connectivity index (χ1n) is 12.7. The van der Waals surface area contributed by atoms with Crippen LogP contribution < -0.4 is 21.3 Å². The summed E-state index contributed by atoms with van der Waals surface area (Å²) in [7, 11) is 0. The number of piperidine rings is 1. The molecular weight excluding hydrogens is 472 g/mol. The summed E-state index contributed by atoms with van der Waals surface area (Å²) >= 11 is 0. The van der Waals surface area contributed by atoms with E-state index in [9.17, 15) is 19.2 Å². The van der Waals surface area contributed by atoms with Gasteiger partial charge in [0.1, 0.15) is 11.1 Å². The van der Waals surface area contributed by atoms with Crippen LogP contribution in [-0.2, 0) is 30.3 Å². The second-order valence-corrected chi connectivity index (χ2v) is 10.2. The molecule has 0 aromatic heterocycles. The van der Waals surface area contributed by atoms with Gasteiger partial charge in [0, 0.05) is 25.6 Å². The number of rotatable bonds is 8. The summed E-state index contributed by atoms with van der Waals surface area (Å²) in [6.45, 7) is 5.07. The summed E-state index contributed by atoms with van der Waals surface area (Å²) in [5.74, 6) is -1.31. The van der Waals surface area contributed by atoms with E-state index in [0.717, 1.165) is 16.3 Å². The van der Waals surface area contributed by atoms with E-state index in [2.05, 4.69) is 21.3 Å². The number of nitrogens with one attached hydrogen (secondary N) is 4. The largest absolute Gasteiger partial charge is 0.482 e. The summed E-state index contributed by atoms with van der Waals surface area (Å²) in [5, 5.41) is 13.9. The van der Waals surface area contributed by atoms with E-state index in [1.165, 1.54) is 6.08 Å². The van der Waals surface area contributed by atoms with E-state index >= 15 is 0 Å². The summed E-state index contributed by atoms with van der Waals surface area (Å²) < 4.78 is 5.71. The summed E-state index contributed by atoms with van der Waals surface area (Å²) in [6.07, 6.45) is 2.40. The van der Waals surface area contributed by atoms with Crippen LogP contribution in [0.25, 0.3) is 10.8 Å². The van der Waals surface area contributed by atoms with Crippen molar-refractivity contribution in [3.05, 3.63) is 59.9 Å². The van der Waals surface area contributed by atoms with Crippen molar-refractivity contribution in [1.29, 1.82) is 0 Å². The zero-order valence-corrected chi connectivity index (χ0v) is 21.3. The molecule has 0 spiro atoms. The number of ketones is 1. The van der Waals surface area contributed by atoms with Gasteiger partial charge < -0.3 is 26.0 Å². The molecule has 0 unspecified atom stereocenters. The summed E-state index contributed by atoms with van der Waals surface area (Å²) in [6, 6.07) is 13.8. The minimum Gasteiger partial charge on any atom is -0.482 e. The molecule has 9 nitrogen and oxygen atoms in total. The van der Waals surface area contributed by atoms with E-state index in [1.54, 1.807) is 13.8 Å². The molecule has 1 fully saturated rings. The lowest BCUT2D eigenvalue weighted by Gasteiger charge is -2.38. The predicted octanol–water partition coefficient (Wildman–Crippen LogP) is 1.51. The molecule has 2 aromatic rings. The molecule has 4 rings (SSSR count). The van der Waals surface area contributed by atoms with E-state index in [4.69, 9.17) is 4.74 Å². The second kappa shape index (κ2) is 11.1. The molecule has 0 aliphatic carbocycles. The molecule has 0 bridgehead atoms. The molecule has 0 saturated carbocycles. The first-order chi connectivity index (χ1) is 17.7. The van der Waals surface area contributed by atoms with Crippen LogP contribution >= 0.6 is 0 Å². The van der Waals surface area contributed by atoms with Crippen molar-refractivity contribution in [3.63, 3.8) is 0 Å². The number of carbonyl (C=O) groups excluding carboxylic acids is 4. The van der Waals surface area contributed by atoms with Crippen molar-refractivity contribution in [2.75, 3.05) is 26.2 Å². The topological polar surface area (TPSA) is 126 Å². The van der Waals surface area contributed by atoms with Gasteiger partial charge in [-0.3, -0.25) is 19.2 Å². The highest BCUT2D eigenvalue weighted by Crippen LogP contribution is 2.26. The lowest BCUT2D eigenvalue weighted by atomic mass is 9.86. The fraction of sp³-hybridized carbons (Fsp3) is 0.429. The van der Waals surface area contributed by atoms with Gasteiger partial charge in [-0.15, -0.1) is 0 Å². The van der Waals surface area contributed by atoms with Crippen LogP contribution in [0.5, 0.6) is 0 Å². The van der Waals surface area contributed by atoms with Crippen LogP contribution in [0.1, 0.15) is 38.7 Å². The van der Waals surface area contributed by atoms with Gasteiger partial charge in [-0.2, -0.15) is 0 Å². The zero-order valence-electron chi connectivity index (χ0n) is 21.3. The van der Waals surface area contributed by atoms with E-state index in [1.807, 2.05) is 42.5 Å². The third-order valence-electron chi connectivity index (χ3n) is 6.71. The van der Waals surface area contributed by atoms with Crippen LogP contribution in [0.4, 0.5) is 0 Å². The Balaban J connectivity index is 1.31. The summed E-state index contributed by atoms with van der Waals surface area (Å²) in [5.41, 5.74) is -0.979. The predicted molar refractivity (Wildman–Crippen MR) is 140 cm³/mol. The van der Waals surface area contributed by atoms with Gasteiger partial charge in [0.05, 0.1) is 6.42 Å². The van der Waals surface area contributed by atoms with Gasteiger partial charge in [0.2, 0.25) is 11.8 Å². The lowest BCUT2D eigenvalue weighted by Crippen LogP contribution is -2.63. The van der Waals surface area contributed by atoms with Crippen LogP contribution in [0.3, 0.4) is 0 Å². The van der Waals surface area contributed by atoms with Gasteiger partial charge in [-0.05, 0) is 56.1 Å². The molecule has 196 valence electrons. The fourth-order valence-electron chi connectivity index (χ4n) is 4.86. The first kappa shape index (κ1) is 26.3. The SMILES string of the molecule is CC1(C)CC(=O)C=C(C(=O)NC2(C(=O)NCCNC(=O)Cc3cccc4ccccc34)CCNCC2)O1. The molecule has 2 aliphatic rings. The lowest BCUT2D eigenvalue weighted by molar-refractivity contribution is -0.137. The van der Waals surface area contributed by atoms with Crippen molar-refractivity contribution < 1.29 is 23.9 Å². The second-order valence-electron chi connectivity index (χ2n) is 10.2. The number of carbonyl (C=O) groups is 4. The highest BCUT2D eigenvalue weighted by Gasteiger charge is 2.42. The number of benzene rings is 2. The molecule has 2 aromatic carbocycles. The smallest absolute Gasteiger partial charge is 0.287 e. The third-order valence-corrected chi connectivity index (χ3v) is 6.71. The average Bonchev–Trinajstić information content (AvgIpc) is 2.86. The maximum Gasteiger partial charge on any atom is 0.287 e. The van der Waals surface area contributed by atoms with Crippen molar-refractivity contribution >= 4 is 34.3 Å². The highest BCUT2D eigenvalue weighted by atomic mass is 16.5. The first-order valence-corrected chi connectivity index (χ1v) is 12.7. The minimum atomic E-state index is -1.13. The molecule has 2 heterocycles. The van der Waals surface area contributed by atoms with Crippen molar-refractivity contribution in [1.82, 2.24) is 21.3 Å². The number of allylic oxidation sites excluding steroid dienone is 1. The molecular formula is C28H34N4O5. The van der Waals surface area contributed by atoms with Gasteiger partial charge in [0.15, 0.2) is 11.5 Å². The summed E-state index contributed by atoms with van der Waals surface area (Å²) in [4.78, 5) is 50.8. The Labute approximate surface area is 216 Å². The third kappa shape index (κ3) is 6.54. The van der Waals surface area contributed by atoms with Crippen LogP contribution in [0.15, 0.2) is 54.3 Å². The fourth-order valence-corrected chi connectivity index (χ4v) is 4.86. The Morgan fingerprint density at radius 2 is 1.68 bits per heavy atom. The Morgan fingerprint density at radius 1 is 0.973 bits per heavy atom. The Hall–Kier alpha value is -3.72. The number of hydrogen-bond donors (Lipinski definition) is 4. The van der Waals surface area contributed by atoms with Gasteiger partial charge in [-0.25, -0.2) is 0 Å². The Bertz CT molecular complexity index is 1220. The number of hydrogen-bond acceptors (Lipinski definition) is 6. The zero-order chi connectivity index (χ0) is 26.5. The van der Waals surface area contributed by atoms with Gasteiger partial charge in [0.25, 0.3) is 5.91 Å². The molecule has 1 saturated heterocycles. The highest BCUT2D eigenvalue weighted by molar-refractivity contribution is 6.04. The van der Waals surface area contributed by atoms with E-state index < -0.39 is 17.0 Å². The van der Waals surface area contributed by atoms with E-state index in [0.29, 0.717) is 25.9 Å². The number of amides is 3.